The van der Waals surface area contributed by atoms with Gasteiger partial charge in [0.25, 0.3) is 5.91 Å². The number of hydrogen-bond donors (Lipinski definition) is 2. The van der Waals surface area contributed by atoms with E-state index in [1.165, 1.54) is 4.90 Å². The van der Waals surface area contributed by atoms with Crippen LogP contribution in [-0.2, 0) is 0 Å². The maximum atomic E-state index is 11.7. The predicted octanol–water partition coefficient (Wildman–Crippen LogP) is 1.36. The molecule has 0 atom stereocenters. The molecule has 6 nitrogen and oxygen atoms in total. The second-order valence-corrected chi connectivity index (χ2v) is 5.91. The molecule has 1 heterocycles. The van der Waals surface area contributed by atoms with Gasteiger partial charge in [0.15, 0.2) is 5.69 Å². The van der Waals surface area contributed by atoms with Gasteiger partial charge in [-0.15, -0.1) is 10.2 Å². The van der Waals surface area contributed by atoms with Gasteiger partial charge < -0.3 is 16.0 Å². The van der Waals surface area contributed by atoms with Crippen molar-refractivity contribution in [2.24, 2.45) is 11.1 Å². The zero-order chi connectivity index (χ0) is 15.2. The van der Waals surface area contributed by atoms with Crippen molar-refractivity contribution in [1.29, 1.82) is 0 Å². The van der Waals surface area contributed by atoms with E-state index in [2.05, 4.69) is 29.4 Å². The minimum atomic E-state index is -0.146. The standard InChI is InChI=1S/C14H25N5O/c1-14(2,8-5-9-15)10-16-12-7-6-11(17-18-12)13(20)19(3)4/h6-7H,5,8-10,15H2,1-4H3,(H,16,18). The summed E-state index contributed by atoms with van der Waals surface area (Å²) in [6.07, 6.45) is 2.07. The van der Waals surface area contributed by atoms with Gasteiger partial charge in [0.05, 0.1) is 0 Å². The summed E-state index contributed by atoms with van der Waals surface area (Å²) in [5.41, 5.74) is 6.04. The van der Waals surface area contributed by atoms with Crippen molar-refractivity contribution < 1.29 is 4.79 Å². The van der Waals surface area contributed by atoms with Gasteiger partial charge in [-0.05, 0) is 36.9 Å². The van der Waals surface area contributed by atoms with Gasteiger partial charge in [0.1, 0.15) is 5.82 Å². The van der Waals surface area contributed by atoms with Crippen molar-refractivity contribution in [1.82, 2.24) is 15.1 Å². The highest BCUT2D eigenvalue weighted by Crippen LogP contribution is 2.22. The molecule has 0 aliphatic carbocycles. The molecule has 1 rings (SSSR count). The third-order valence-electron chi connectivity index (χ3n) is 3.10. The highest BCUT2D eigenvalue weighted by molar-refractivity contribution is 5.91. The van der Waals surface area contributed by atoms with E-state index < -0.39 is 0 Å². The van der Waals surface area contributed by atoms with Crippen molar-refractivity contribution in [3.05, 3.63) is 17.8 Å². The Morgan fingerprint density at radius 1 is 1.35 bits per heavy atom. The Morgan fingerprint density at radius 3 is 2.55 bits per heavy atom. The highest BCUT2D eigenvalue weighted by Gasteiger charge is 2.17. The topological polar surface area (TPSA) is 84.1 Å². The number of nitrogens with one attached hydrogen (secondary N) is 1. The molecule has 0 spiro atoms. The van der Waals surface area contributed by atoms with E-state index in [1.54, 1.807) is 26.2 Å². The number of rotatable bonds is 7. The van der Waals surface area contributed by atoms with Gasteiger partial charge in [0.2, 0.25) is 0 Å². The Balaban J connectivity index is 2.56. The summed E-state index contributed by atoms with van der Waals surface area (Å²) in [4.78, 5) is 13.2. The second kappa shape index (κ2) is 7.19. The van der Waals surface area contributed by atoms with Crippen LogP contribution in [-0.4, -0.2) is 48.2 Å². The van der Waals surface area contributed by atoms with Gasteiger partial charge in [0, 0.05) is 20.6 Å². The largest absolute Gasteiger partial charge is 0.368 e. The van der Waals surface area contributed by atoms with Crippen LogP contribution in [0.4, 0.5) is 5.82 Å². The maximum Gasteiger partial charge on any atom is 0.273 e. The number of hydrogen-bond acceptors (Lipinski definition) is 5. The molecule has 112 valence electrons. The van der Waals surface area contributed by atoms with Crippen LogP contribution in [0.25, 0.3) is 0 Å². The first-order valence-electron chi connectivity index (χ1n) is 6.85. The third kappa shape index (κ3) is 5.13. The van der Waals surface area contributed by atoms with Crippen LogP contribution >= 0.6 is 0 Å². The second-order valence-electron chi connectivity index (χ2n) is 5.91. The van der Waals surface area contributed by atoms with E-state index >= 15 is 0 Å². The zero-order valence-electron chi connectivity index (χ0n) is 12.8. The lowest BCUT2D eigenvalue weighted by molar-refractivity contribution is 0.0821. The number of anilines is 1. The maximum absolute atomic E-state index is 11.7. The van der Waals surface area contributed by atoms with Crippen molar-refractivity contribution in [3.63, 3.8) is 0 Å². The van der Waals surface area contributed by atoms with Gasteiger partial charge in [-0.1, -0.05) is 13.8 Å². The summed E-state index contributed by atoms with van der Waals surface area (Å²) in [5.74, 6) is 0.536. The van der Waals surface area contributed by atoms with Crippen molar-refractivity contribution in [2.45, 2.75) is 26.7 Å². The molecule has 0 saturated carbocycles. The van der Waals surface area contributed by atoms with E-state index in [4.69, 9.17) is 5.73 Å². The summed E-state index contributed by atoms with van der Waals surface area (Å²) in [6, 6.07) is 3.47. The van der Waals surface area contributed by atoms with Gasteiger partial charge in [-0.2, -0.15) is 0 Å². The molecule has 0 unspecified atom stereocenters. The monoisotopic (exact) mass is 279 g/mol. The van der Waals surface area contributed by atoms with E-state index in [9.17, 15) is 4.79 Å². The molecular weight excluding hydrogens is 254 g/mol. The third-order valence-corrected chi connectivity index (χ3v) is 3.10. The quantitative estimate of drug-likeness (QED) is 0.787. The molecule has 1 amide bonds. The Bertz CT molecular complexity index is 428. The first-order chi connectivity index (χ1) is 9.35. The van der Waals surface area contributed by atoms with E-state index in [0.29, 0.717) is 18.1 Å². The summed E-state index contributed by atoms with van der Waals surface area (Å²) in [7, 11) is 3.38. The molecule has 0 aliphatic rings. The van der Waals surface area contributed by atoms with Crippen molar-refractivity contribution >= 4 is 11.7 Å². The fourth-order valence-corrected chi connectivity index (χ4v) is 1.77. The minimum absolute atomic E-state index is 0.146. The molecule has 1 aromatic heterocycles. The average Bonchev–Trinajstić information content (AvgIpc) is 2.43. The average molecular weight is 279 g/mol. The van der Waals surface area contributed by atoms with Gasteiger partial charge >= 0.3 is 0 Å². The SMILES string of the molecule is CN(C)C(=O)c1ccc(NCC(C)(C)CCCN)nn1. The van der Waals surface area contributed by atoms with E-state index in [1.807, 2.05) is 0 Å². The number of nitrogens with zero attached hydrogens (tertiary/aromatic N) is 3. The summed E-state index contributed by atoms with van der Waals surface area (Å²) in [5, 5.41) is 11.2. The highest BCUT2D eigenvalue weighted by atomic mass is 16.2. The predicted molar refractivity (Wildman–Crippen MR) is 80.6 cm³/mol. The Kier molecular flexibility index (Phi) is 5.88. The Morgan fingerprint density at radius 2 is 2.05 bits per heavy atom. The van der Waals surface area contributed by atoms with Gasteiger partial charge in [-0.25, -0.2) is 0 Å². The molecule has 0 saturated heterocycles. The zero-order valence-corrected chi connectivity index (χ0v) is 12.8. The fraction of sp³-hybridized carbons (Fsp3) is 0.643. The molecule has 0 fully saturated rings. The molecule has 6 heteroatoms. The summed E-state index contributed by atoms with van der Waals surface area (Å²) < 4.78 is 0. The van der Waals surface area contributed by atoms with Crippen LogP contribution in [0.1, 0.15) is 37.2 Å². The normalized spacial score (nSPS) is 11.2. The molecule has 0 radical (unpaired) electrons. The Hall–Kier alpha value is -1.69. The minimum Gasteiger partial charge on any atom is -0.368 e. The van der Waals surface area contributed by atoms with E-state index in [-0.39, 0.29) is 11.3 Å². The first-order valence-corrected chi connectivity index (χ1v) is 6.85. The molecule has 0 aliphatic heterocycles. The van der Waals surface area contributed by atoms with Crippen molar-refractivity contribution in [3.8, 4) is 0 Å². The van der Waals surface area contributed by atoms with Crippen LogP contribution in [0.3, 0.4) is 0 Å². The van der Waals surface area contributed by atoms with E-state index in [0.717, 1.165) is 19.4 Å². The van der Waals surface area contributed by atoms with Crippen LogP contribution in [0.5, 0.6) is 0 Å². The lowest BCUT2D eigenvalue weighted by atomic mass is 9.88. The molecule has 3 N–H and O–H groups in total. The lowest BCUT2D eigenvalue weighted by Gasteiger charge is -2.24. The number of amides is 1. The number of nitrogens with two attached hydrogens (primary N) is 1. The molecule has 1 aromatic rings. The molecule has 0 bridgehead atoms. The summed E-state index contributed by atoms with van der Waals surface area (Å²) >= 11 is 0. The first kappa shape index (κ1) is 16.4. The number of carbonyl (C=O) groups is 1. The van der Waals surface area contributed by atoms with Crippen LogP contribution in [0.15, 0.2) is 12.1 Å². The number of aromatic nitrogens is 2. The van der Waals surface area contributed by atoms with Crippen LogP contribution in [0.2, 0.25) is 0 Å². The van der Waals surface area contributed by atoms with Crippen LogP contribution < -0.4 is 11.1 Å². The molecular formula is C14H25N5O. The van der Waals surface area contributed by atoms with Gasteiger partial charge in [-0.3, -0.25) is 4.79 Å². The fourth-order valence-electron chi connectivity index (χ4n) is 1.77. The smallest absolute Gasteiger partial charge is 0.273 e. The number of carbonyl (C=O) groups excluding carboxylic acids is 1. The Labute approximate surface area is 120 Å². The van der Waals surface area contributed by atoms with Crippen molar-refractivity contribution in [2.75, 3.05) is 32.5 Å². The summed E-state index contributed by atoms with van der Waals surface area (Å²) in [6.45, 7) is 5.88. The van der Waals surface area contributed by atoms with Crippen LogP contribution in [0, 0.1) is 5.41 Å². The molecule has 20 heavy (non-hydrogen) atoms. The lowest BCUT2D eigenvalue weighted by Crippen LogP contribution is -2.25. The molecule has 0 aromatic carbocycles.